The lowest BCUT2D eigenvalue weighted by Crippen LogP contribution is -2.26. The van der Waals surface area contributed by atoms with Gasteiger partial charge in [0.05, 0.1) is 39.0 Å². The number of ether oxygens (including phenoxy) is 11. The third-order valence-electron chi connectivity index (χ3n) is 6.78. The van der Waals surface area contributed by atoms with Gasteiger partial charge in [0.1, 0.15) is 22.8 Å². The first-order chi connectivity index (χ1) is 27.4. The van der Waals surface area contributed by atoms with E-state index in [1.165, 1.54) is 7.11 Å². The lowest BCUT2D eigenvalue weighted by atomic mass is 10.1. The molecule has 0 amide bonds. The van der Waals surface area contributed by atoms with E-state index in [1.54, 1.807) is 0 Å². The number of rotatable bonds is 8. The molecule has 1 N–H and O–H groups in total. The van der Waals surface area contributed by atoms with Crippen LogP contribution in [0.4, 0.5) is 43.9 Å². The zero-order valence-electron chi connectivity index (χ0n) is 29.7. The zero-order chi connectivity index (χ0) is 44.1. The lowest BCUT2D eigenvalue weighted by molar-refractivity contribution is -0.287. The molecule has 320 valence electrons. The Kier molecular flexibility index (Phi) is 13.4. The molecule has 0 aromatic heterocycles. The van der Waals surface area contributed by atoms with Crippen molar-refractivity contribution in [1.82, 2.24) is 0 Å². The second kappa shape index (κ2) is 17.5. The number of phenols is 1. The standard InChI is InChI=1S/C17H11F5O7.C9H5ClF2O4.C8H7F3O3/c1-24-12-5-8(27-16(18,19)20)3-4-10(12)26-11-7-14-13(28-17(21,22)29-14)6-9(11)15(23)25-2;1-14-8(13)4-2-6-7(3-5(4)10)16-9(11,12)15-6;1-13-7-4-5(2-3-6(7)12)14-8(9,10)11/h3-7H,1-2H3;2-3H,1H3;2-4,12H,1H3. The minimum absolute atomic E-state index is 0.0492. The maximum absolute atomic E-state index is 13.3. The van der Waals surface area contributed by atoms with Crippen LogP contribution in [-0.4, -0.2) is 70.8 Å². The highest BCUT2D eigenvalue weighted by atomic mass is 35.5. The maximum Gasteiger partial charge on any atom is 0.586 e. The third-order valence-corrected chi connectivity index (χ3v) is 7.09. The van der Waals surface area contributed by atoms with Crippen molar-refractivity contribution in [3.8, 4) is 63.2 Å². The predicted octanol–water partition coefficient (Wildman–Crippen LogP) is 9.24. The van der Waals surface area contributed by atoms with Crippen molar-refractivity contribution in [3.05, 3.63) is 76.8 Å². The molecule has 25 heteroatoms. The van der Waals surface area contributed by atoms with Crippen LogP contribution in [0, 0.1) is 0 Å². The number of hydrogen-bond acceptors (Lipinski definition) is 14. The molecule has 2 aliphatic heterocycles. The Bertz CT molecular complexity index is 2180. The Morgan fingerprint density at radius 2 is 1.00 bits per heavy atom. The Labute approximate surface area is 328 Å². The van der Waals surface area contributed by atoms with Crippen LogP contribution in [0.3, 0.4) is 0 Å². The van der Waals surface area contributed by atoms with E-state index in [0.717, 1.165) is 82.0 Å². The van der Waals surface area contributed by atoms with Gasteiger partial charge in [0.15, 0.2) is 46.0 Å². The summed E-state index contributed by atoms with van der Waals surface area (Å²) in [5.74, 6) is -4.98. The van der Waals surface area contributed by atoms with E-state index in [0.29, 0.717) is 0 Å². The molecule has 0 unspecified atom stereocenters. The largest absolute Gasteiger partial charge is 0.586 e. The van der Waals surface area contributed by atoms with E-state index in [2.05, 4.69) is 42.6 Å². The van der Waals surface area contributed by atoms with Crippen LogP contribution >= 0.6 is 11.6 Å². The molecule has 0 spiro atoms. The summed E-state index contributed by atoms with van der Waals surface area (Å²) in [6.45, 7) is 0. The van der Waals surface area contributed by atoms with E-state index >= 15 is 0 Å². The molecule has 4 aromatic carbocycles. The Hall–Kier alpha value is -6.59. The number of carbonyl (C=O) groups excluding carboxylic acids is 2. The van der Waals surface area contributed by atoms with Crippen LogP contribution in [0.1, 0.15) is 20.7 Å². The predicted molar refractivity (Wildman–Crippen MR) is 174 cm³/mol. The Morgan fingerprint density at radius 1 is 0.576 bits per heavy atom. The fourth-order valence-electron chi connectivity index (χ4n) is 4.47. The summed E-state index contributed by atoms with van der Waals surface area (Å²) in [4.78, 5) is 23.2. The monoisotopic (exact) mass is 880 g/mol. The van der Waals surface area contributed by atoms with Crippen LogP contribution in [0.25, 0.3) is 0 Å². The molecule has 0 aliphatic carbocycles. The number of methoxy groups -OCH3 is 4. The molecule has 0 saturated heterocycles. The number of halogens is 11. The van der Waals surface area contributed by atoms with E-state index < -0.39 is 60.3 Å². The van der Waals surface area contributed by atoms with Gasteiger partial charge in [-0.15, -0.1) is 43.9 Å². The number of alkyl halides is 10. The summed E-state index contributed by atoms with van der Waals surface area (Å²) in [5, 5.41) is 9.02. The molecule has 59 heavy (non-hydrogen) atoms. The molecule has 14 nitrogen and oxygen atoms in total. The van der Waals surface area contributed by atoms with Crippen LogP contribution in [0.15, 0.2) is 60.7 Å². The maximum atomic E-state index is 13.3. The number of benzene rings is 4. The van der Waals surface area contributed by atoms with Gasteiger partial charge in [0.2, 0.25) is 0 Å². The smallest absolute Gasteiger partial charge is 0.504 e. The molecule has 0 bridgehead atoms. The van der Waals surface area contributed by atoms with Gasteiger partial charge in [0, 0.05) is 36.4 Å². The Morgan fingerprint density at radius 3 is 1.47 bits per heavy atom. The third kappa shape index (κ3) is 12.2. The quantitative estimate of drug-likeness (QED) is 0.132. The van der Waals surface area contributed by atoms with Crippen molar-refractivity contribution in [3.63, 3.8) is 0 Å². The summed E-state index contributed by atoms with van der Waals surface area (Å²) >= 11 is 5.69. The highest BCUT2D eigenvalue weighted by Gasteiger charge is 2.45. The summed E-state index contributed by atoms with van der Waals surface area (Å²) in [6.07, 6.45) is -17.3. The van der Waals surface area contributed by atoms with Gasteiger partial charge >= 0.3 is 37.3 Å². The number of aromatic hydroxyl groups is 1. The second-order valence-corrected chi connectivity index (χ2v) is 11.1. The SMILES string of the molecule is COC(=O)c1cc2c(cc1Cl)OC(F)(F)O2.COC(=O)c1cc2c(cc1Oc1ccc(OC(F)(F)F)cc1OC)OC(F)(F)O2.COc1cc(OC(F)(F)F)ccc1O. The van der Waals surface area contributed by atoms with Crippen molar-refractivity contribution in [1.29, 1.82) is 0 Å². The van der Waals surface area contributed by atoms with Crippen molar-refractivity contribution in [2.75, 3.05) is 28.4 Å². The number of fused-ring (bicyclic) bond motifs is 2. The first-order valence-corrected chi connectivity index (χ1v) is 15.7. The molecule has 2 heterocycles. The van der Waals surface area contributed by atoms with Crippen molar-refractivity contribution < 1.29 is 111 Å². The van der Waals surface area contributed by atoms with Gasteiger partial charge < -0.3 is 57.2 Å². The van der Waals surface area contributed by atoms with Gasteiger partial charge in [-0.1, -0.05) is 11.6 Å². The molecular formula is C34H23ClF10O14. The van der Waals surface area contributed by atoms with Crippen LogP contribution in [0.2, 0.25) is 5.02 Å². The molecule has 6 rings (SSSR count). The number of esters is 2. The van der Waals surface area contributed by atoms with Gasteiger partial charge in [-0.3, -0.25) is 0 Å². The van der Waals surface area contributed by atoms with E-state index in [4.69, 9.17) is 26.2 Å². The normalized spacial score (nSPS) is 14.0. The molecule has 2 aliphatic rings. The summed E-state index contributed by atoms with van der Waals surface area (Å²) in [7, 11) is 4.58. The van der Waals surface area contributed by atoms with Gasteiger partial charge in [-0.2, -0.15) is 0 Å². The number of carbonyl (C=O) groups is 2. The topological polar surface area (TPSA) is 156 Å². The molecule has 0 atom stereocenters. The van der Waals surface area contributed by atoms with Crippen LogP contribution < -0.4 is 42.6 Å². The summed E-state index contributed by atoms with van der Waals surface area (Å²) in [6, 6.07) is 9.88. The molecule has 0 radical (unpaired) electrons. The molecule has 4 aromatic rings. The highest BCUT2D eigenvalue weighted by Crippen LogP contribution is 2.47. The van der Waals surface area contributed by atoms with Crippen molar-refractivity contribution in [2.45, 2.75) is 25.3 Å². The van der Waals surface area contributed by atoms with E-state index in [9.17, 15) is 53.5 Å². The average Bonchev–Trinajstić information content (AvgIpc) is 3.61. The van der Waals surface area contributed by atoms with Crippen molar-refractivity contribution in [2.24, 2.45) is 0 Å². The molecule has 0 fully saturated rings. The first-order valence-electron chi connectivity index (χ1n) is 15.3. The fraction of sp³-hybridized carbons (Fsp3) is 0.235. The van der Waals surface area contributed by atoms with E-state index in [1.807, 2.05) is 0 Å². The first kappa shape index (κ1) is 45.1. The van der Waals surface area contributed by atoms with Gasteiger partial charge in [-0.05, 0) is 24.3 Å². The minimum Gasteiger partial charge on any atom is -0.504 e. The lowest BCUT2D eigenvalue weighted by Gasteiger charge is -2.15. The fourth-order valence-corrected chi connectivity index (χ4v) is 4.70. The molecule has 0 saturated carbocycles. The number of phenolic OH excluding ortho intramolecular Hbond substituents is 1. The van der Waals surface area contributed by atoms with Gasteiger partial charge in [0.25, 0.3) is 0 Å². The number of hydrogen-bond donors (Lipinski definition) is 1. The average molecular weight is 881 g/mol. The van der Waals surface area contributed by atoms with Crippen LogP contribution in [-0.2, 0) is 9.47 Å². The Balaban J connectivity index is 0.000000216. The molecular weight excluding hydrogens is 858 g/mol. The minimum atomic E-state index is -4.92. The second-order valence-electron chi connectivity index (χ2n) is 10.7. The summed E-state index contributed by atoms with van der Waals surface area (Å²) < 4.78 is 173. The van der Waals surface area contributed by atoms with Crippen molar-refractivity contribution >= 4 is 23.5 Å². The van der Waals surface area contributed by atoms with Gasteiger partial charge in [-0.25, -0.2) is 9.59 Å². The van der Waals surface area contributed by atoms with Crippen LogP contribution in [0.5, 0.6) is 63.2 Å². The zero-order valence-corrected chi connectivity index (χ0v) is 30.4. The highest BCUT2D eigenvalue weighted by molar-refractivity contribution is 6.33. The summed E-state index contributed by atoms with van der Waals surface area (Å²) in [5.41, 5.74) is -0.366. The van der Waals surface area contributed by atoms with E-state index in [-0.39, 0.29) is 56.4 Å².